The maximum Gasteiger partial charge on any atom is 0.469 e. The van der Waals surface area contributed by atoms with Crippen LogP contribution in [0.1, 0.15) is 251 Å². The molecule has 8 nitrogen and oxygen atoms in total. The van der Waals surface area contributed by atoms with Gasteiger partial charge in [-0.3, -0.25) is 14.1 Å². The first-order chi connectivity index (χ1) is 29.8. The molecular weight excluding hydrogens is 784 g/mol. The first-order valence-corrected chi connectivity index (χ1v) is 27.0. The summed E-state index contributed by atoms with van der Waals surface area (Å²) in [4.78, 5) is 43.0. The lowest BCUT2D eigenvalue weighted by Gasteiger charge is -2.18. The summed E-state index contributed by atoms with van der Waals surface area (Å²) in [7, 11) is -4.77. The molecule has 0 saturated carbocycles. The molecule has 0 fully saturated rings. The van der Waals surface area contributed by atoms with Gasteiger partial charge < -0.3 is 19.3 Å². The van der Waals surface area contributed by atoms with Crippen LogP contribution in [0.2, 0.25) is 0 Å². The second-order valence-corrected chi connectivity index (χ2v) is 18.4. The van der Waals surface area contributed by atoms with E-state index in [9.17, 15) is 14.2 Å². The molecule has 0 aromatic carbocycles. The topological polar surface area (TPSA) is 119 Å². The van der Waals surface area contributed by atoms with Gasteiger partial charge in [0.1, 0.15) is 6.61 Å². The van der Waals surface area contributed by atoms with Crippen molar-refractivity contribution in [2.75, 3.05) is 13.2 Å². The molecule has 1 atom stereocenters. The summed E-state index contributed by atoms with van der Waals surface area (Å²) in [5, 5.41) is 0. The van der Waals surface area contributed by atoms with E-state index in [0.29, 0.717) is 12.8 Å². The summed E-state index contributed by atoms with van der Waals surface area (Å²) in [6.07, 6.45) is 60.0. The molecule has 0 spiro atoms. The zero-order valence-electron chi connectivity index (χ0n) is 39.6. The predicted molar refractivity (Wildman–Crippen MR) is 258 cm³/mol. The number of hydrogen-bond donors (Lipinski definition) is 2. The Morgan fingerprint density at radius 2 is 0.754 bits per heavy atom. The van der Waals surface area contributed by atoms with Gasteiger partial charge in [-0.15, -0.1) is 0 Å². The summed E-state index contributed by atoms with van der Waals surface area (Å²) in [5.74, 6) is -0.940. The molecule has 0 bridgehead atoms. The van der Waals surface area contributed by atoms with E-state index in [2.05, 4.69) is 60.9 Å². The average Bonchev–Trinajstić information content (AvgIpc) is 3.23. The lowest BCUT2D eigenvalue weighted by Crippen LogP contribution is -2.29. The van der Waals surface area contributed by atoms with Crippen LogP contribution >= 0.6 is 7.82 Å². The molecule has 356 valence electrons. The fourth-order valence-electron chi connectivity index (χ4n) is 7.31. The molecule has 9 heteroatoms. The van der Waals surface area contributed by atoms with Gasteiger partial charge in [0.25, 0.3) is 0 Å². The number of allylic oxidation sites excluding steroid dienone is 8. The summed E-state index contributed by atoms with van der Waals surface area (Å²) in [6, 6.07) is 0. The van der Waals surface area contributed by atoms with Crippen LogP contribution in [-0.2, 0) is 28.2 Å². The Morgan fingerprint density at radius 3 is 1.15 bits per heavy atom. The monoisotopic (exact) mass is 879 g/mol. The molecule has 0 heterocycles. The molecule has 0 saturated heterocycles. The van der Waals surface area contributed by atoms with Gasteiger partial charge in [-0.1, -0.05) is 236 Å². The molecule has 0 aliphatic rings. The molecule has 0 aromatic rings. The minimum absolute atomic E-state index is 0.137. The van der Waals surface area contributed by atoms with E-state index in [0.717, 1.165) is 38.5 Å². The third kappa shape index (κ3) is 50.5. The fraction of sp³-hybridized carbons (Fsp3) is 0.808. The highest BCUT2D eigenvalue weighted by Gasteiger charge is 2.22. The Labute approximate surface area is 375 Å². The van der Waals surface area contributed by atoms with Crippen molar-refractivity contribution >= 4 is 19.8 Å². The molecule has 61 heavy (non-hydrogen) atoms. The summed E-state index contributed by atoms with van der Waals surface area (Å²) < 4.78 is 26.5. The molecule has 0 amide bonds. The minimum atomic E-state index is -4.77. The Morgan fingerprint density at radius 1 is 0.426 bits per heavy atom. The van der Waals surface area contributed by atoms with Gasteiger partial charge in [0.05, 0.1) is 6.61 Å². The number of hydrogen-bond acceptors (Lipinski definition) is 6. The van der Waals surface area contributed by atoms with Crippen molar-refractivity contribution in [1.82, 2.24) is 0 Å². The SMILES string of the molecule is CCCCCCCCC/C=C/C/C=C/C/C=C/C/C=C/CCCC(=O)O[C@H](COC(=O)CCCCCCCCCCCCCCCCCCCCCCCC)COP(=O)(O)O. The molecule has 0 aromatic heterocycles. The summed E-state index contributed by atoms with van der Waals surface area (Å²) in [5.41, 5.74) is 0. The lowest BCUT2D eigenvalue weighted by atomic mass is 10.0. The van der Waals surface area contributed by atoms with Crippen LogP contribution in [0.15, 0.2) is 48.6 Å². The van der Waals surface area contributed by atoms with E-state index < -0.39 is 32.5 Å². The number of phosphoric acid groups is 1. The number of unbranched alkanes of at least 4 members (excludes halogenated alkanes) is 29. The zero-order chi connectivity index (χ0) is 44.6. The molecule has 0 aliphatic carbocycles. The van der Waals surface area contributed by atoms with E-state index in [1.807, 2.05) is 6.08 Å². The van der Waals surface area contributed by atoms with E-state index in [1.165, 1.54) is 173 Å². The highest BCUT2D eigenvalue weighted by Crippen LogP contribution is 2.36. The van der Waals surface area contributed by atoms with Crippen molar-refractivity contribution < 1.29 is 37.9 Å². The smallest absolute Gasteiger partial charge is 0.462 e. The normalized spacial score (nSPS) is 12.8. The number of carbonyl (C=O) groups is 2. The Balaban J connectivity index is 3.89. The van der Waals surface area contributed by atoms with Crippen LogP contribution in [0, 0.1) is 0 Å². The summed E-state index contributed by atoms with van der Waals surface area (Å²) in [6.45, 7) is 3.68. The van der Waals surface area contributed by atoms with E-state index in [-0.39, 0.29) is 19.4 Å². The van der Waals surface area contributed by atoms with Gasteiger partial charge in [-0.05, 0) is 51.4 Å². The first kappa shape index (κ1) is 59.0. The van der Waals surface area contributed by atoms with Crippen LogP contribution in [-0.4, -0.2) is 41.0 Å². The van der Waals surface area contributed by atoms with E-state index >= 15 is 0 Å². The number of carbonyl (C=O) groups excluding carboxylic acids is 2. The third-order valence-corrected chi connectivity index (χ3v) is 11.6. The maximum absolute atomic E-state index is 12.4. The van der Waals surface area contributed by atoms with Crippen LogP contribution < -0.4 is 0 Å². The molecule has 2 N–H and O–H groups in total. The second-order valence-electron chi connectivity index (χ2n) is 17.2. The first-order valence-electron chi connectivity index (χ1n) is 25.4. The van der Waals surface area contributed by atoms with Crippen molar-refractivity contribution in [3.8, 4) is 0 Å². The summed E-state index contributed by atoms with van der Waals surface area (Å²) >= 11 is 0. The van der Waals surface area contributed by atoms with Gasteiger partial charge >= 0.3 is 19.8 Å². The Kier molecular flexibility index (Phi) is 45.9. The lowest BCUT2D eigenvalue weighted by molar-refractivity contribution is -0.161. The molecule has 0 radical (unpaired) electrons. The van der Waals surface area contributed by atoms with Crippen molar-refractivity contribution in [2.24, 2.45) is 0 Å². The minimum Gasteiger partial charge on any atom is -0.462 e. The number of esters is 2. The van der Waals surface area contributed by atoms with Gasteiger partial charge in [-0.2, -0.15) is 0 Å². The highest BCUT2D eigenvalue weighted by molar-refractivity contribution is 7.46. The molecular formula is C52H95O8P. The maximum atomic E-state index is 12.4. The van der Waals surface area contributed by atoms with Gasteiger partial charge in [0.2, 0.25) is 0 Å². The van der Waals surface area contributed by atoms with Crippen LogP contribution in [0.25, 0.3) is 0 Å². The standard InChI is InChI=1S/C52H95O8P/c1-3-5-7-9-11-13-15-17-19-21-23-25-27-28-30-32-34-36-38-40-42-44-46-51(53)58-48-50(49-59-61(55,56)57)60-52(54)47-45-43-41-39-37-35-33-31-29-26-24-22-20-18-16-14-12-10-8-6-4-2/h20,22,26,29,33,35,39,41,50H,3-19,21,23-25,27-28,30-32,34,36-38,40,42-49H2,1-2H3,(H2,55,56,57)/b22-20+,29-26+,35-33+,41-39+/t50-/m1/s1. The van der Waals surface area contributed by atoms with Crippen LogP contribution in [0.4, 0.5) is 0 Å². The number of rotatable bonds is 47. The van der Waals surface area contributed by atoms with Crippen LogP contribution in [0.5, 0.6) is 0 Å². The van der Waals surface area contributed by atoms with Crippen LogP contribution in [0.3, 0.4) is 0 Å². The van der Waals surface area contributed by atoms with Crippen molar-refractivity contribution in [1.29, 1.82) is 0 Å². The fourth-order valence-corrected chi connectivity index (χ4v) is 7.67. The van der Waals surface area contributed by atoms with Crippen molar-refractivity contribution in [2.45, 2.75) is 258 Å². The predicted octanol–water partition coefficient (Wildman–Crippen LogP) is 16.2. The number of phosphoric ester groups is 1. The average molecular weight is 879 g/mol. The van der Waals surface area contributed by atoms with Crippen molar-refractivity contribution in [3.05, 3.63) is 48.6 Å². The van der Waals surface area contributed by atoms with Gasteiger partial charge in [-0.25, -0.2) is 4.57 Å². The Hall–Kier alpha value is -1.99. The van der Waals surface area contributed by atoms with E-state index in [1.54, 1.807) is 0 Å². The van der Waals surface area contributed by atoms with Gasteiger partial charge in [0.15, 0.2) is 6.10 Å². The largest absolute Gasteiger partial charge is 0.469 e. The second kappa shape index (κ2) is 47.5. The quantitative estimate of drug-likeness (QED) is 0.0268. The zero-order valence-corrected chi connectivity index (χ0v) is 40.5. The van der Waals surface area contributed by atoms with Gasteiger partial charge in [0, 0.05) is 12.8 Å². The Bertz CT molecular complexity index is 1130. The number of ether oxygens (including phenoxy) is 2. The highest BCUT2D eigenvalue weighted by atomic mass is 31.2. The van der Waals surface area contributed by atoms with E-state index in [4.69, 9.17) is 19.3 Å². The van der Waals surface area contributed by atoms with Crippen molar-refractivity contribution in [3.63, 3.8) is 0 Å². The molecule has 0 rings (SSSR count). The molecule has 0 aliphatic heterocycles. The molecule has 0 unspecified atom stereocenters. The third-order valence-electron chi connectivity index (χ3n) is 11.1.